The van der Waals surface area contributed by atoms with Crippen molar-refractivity contribution in [1.82, 2.24) is 14.3 Å². The summed E-state index contributed by atoms with van der Waals surface area (Å²) in [5.74, 6) is 0. The van der Waals surface area contributed by atoms with Crippen molar-refractivity contribution in [1.29, 1.82) is 0 Å². The van der Waals surface area contributed by atoms with E-state index < -0.39 is 10.2 Å². The van der Waals surface area contributed by atoms with Crippen molar-refractivity contribution in [3.8, 4) is 0 Å². The summed E-state index contributed by atoms with van der Waals surface area (Å²) < 4.78 is 29.4. The molecular weight excluding hydrogens is 262 g/mol. The average Bonchev–Trinajstić information content (AvgIpc) is 2.35. The van der Waals surface area contributed by atoms with Crippen molar-refractivity contribution in [2.45, 2.75) is 51.5 Å². The minimum absolute atomic E-state index is 0.102. The van der Waals surface area contributed by atoms with Crippen LogP contribution in [0.1, 0.15) is 45.4 Å². The molecule has 1 heterocycles. The molecule has 1 atom stereocenters. The number of nitrogens with zero attached hydrogens (tertiary/aromatic N) is 1. The third-order valence-corrected chi connectivity index (χ3v) is 6.17. The molecule has 5 nitrogen and oxygen atoms in total. The molecule has 1 saturated heterocycles. The maximum absolute atomic E-state index is 12.4. The lowest BCUT2D eigenvalue weighted by atomic mass is 9.71. The SMILES string of the molecule is CNCC1CCCCN1S(=O)(=O)NCC1(C)CCC1. The summed E-state index contributed by atoms with van der Waals surface area (Å²) in [6, 6.07) is 0.102. The van der Waals surface area contributed by atoms with Crippen molar-refractivity contribution in [3.63, 3.8) is 0 Å². The maximum atomic E-state index is 12.4. The van der Waals surface area contributed by atoms with Crippen LogP contribution in [0.2, 0.25) is 0 Å². The van der Waals surface area contributed by atoms with Gasteiger partial charge in [-0.25, -0.2) is 4.72 Å². The Balaban J connectivity index is 1.96. The largest absolute Gasteiger partial charge is 0.318 e. The zero-order chi connectivity index (χ0) is 13.9. The molecule has 112 valence electrons. The number of hydrogen-bond donors (Lipinski definition) is 2. The zero-order valence-corrected chi connectivity index (χ0v) is 12.9. The first-order valence-electron chi connectivity index (χ1n) is 7.38. The Labute approximate surface area is 117 Å². The summed E-state index contributed by atoms with van der Waals surface area (Å²) in [5, 5.41) is 3.10. The molecule has 2 N–H and O–H groups in total. The summed E-state index contributed by atoms with van der Waals surface area (Å²) >= 11 is 0. The third kappa shape index (κ3) is 3.68. The van der Waals surface area contributed by atoms with Crippen LogP contribution in [0.5, 0.6) is 0 Å². The van der Waals surface area contributed by atoms with E-state index in [2.05, 4.69) is 17.0 Å². The fraction of sp³-hybridized carbons (Fsp3) is 1.00. The van der Waals surface area contributed by atoms with Crippen LogP contribution in [-0.2, 0) is 10.2 Å². The van der Waals surface area contributed by atoms with Crippen LogP contribution in [0.3, 0.4) is 0 Å². The van der Waals surface area contributed by atoms with Gasteiger partial charge in [-0.1, -0.05) is 19.8 Å². The second kappa shape index (κ2) is 6.08. The highest BCUT2D eigenvalue weighted by Gasteiger charge is 2.36. The van der Waals surface area contributed by atoms with E-state index in [1.54, 1.807) is 4.31 Å². The van der Waals surface area contributed by atoms with Crippen LogP contribution in [0, 0.1) is 5.41 Å². The Hall–Kier alpha value is -0.170. The quantitative estimate of drug-likeness (QED) is 0.769. The van der Waals surface area contributed by atoms with Gasteiger partial charge in [0.2, 0.25) is 0 Å². The Morgan fingerprint density at radius 3 is 2.58 bits per heavy atom. The molecule has 1 aliphatic carbocycles. The highest BCUT2D eigenvalue weighted by atomic mass is 32.2. The van der Waals surface area contributed by atoms with Crippen molar-refractivity contribution in [2.75, 3.05) is 26.7 Å². The monoisotopic (exact) mass is 289 g/mol. The van der Waals surface area contributed by atoms with Gasteiger partial charge < -0.3 is 5.32 Å². The number of likely N-dealkylation sites (N-methyl/N-ethyl adjacent to an activating group) is 1. The number of rotatable bonds is 6. The van der Waals surface area contributed by atoms with Gasteiger partial charge in [-0.05, 0) is 38.1 Å². The topological polar surface area (TPSA) is 61.4 Å². The van der Waals surface area contributed by atoms with E-state index in [4.69, 9.17) is 0 Å². The van der Waals surface area contributed by atoms with E-state index in [1.165, 1.54) is 6.42 Å². The molecular formula is C13H27N3O2S. The van der Waals surface area contributed by atoms with Crippen LogP contribution < -0.4 is 10.0 Å². The lowest BCUT2D eigenvalue weighted by Gasteiger charge is -2.40. The first-order chi connectivity index (χ1) is 8.97. The minimum atomic E-state index is -3.32. The average molecular weight is 289 g/mol. The smallest absolute Gasteiger partial charge is 0.279 e. The Kier molecular flexibility index (Phi) is 4.87. The molecule has 2 aliphatic rings. The standard InChI is InChI=1S/C13H27N3O2S/c1-13(7-5-8-13)11-15-19(17,18)16-9-4-3-6-12(16)10-14-2/h12,14-15H,3-11H2,1-2H3. The predicted octanol–water partition coefficient (Wildman–Crippen LogP) is 1.08. The van der Waals surface area contributed by atoms with Gasteiger partial charge in [0.25, 0.3) is 10.2 Å². The van der Waals surface area contributed by atoms with Gasteiger partial charge >= 0.3 is 0 Å². The fourth-order valence-corrected chi connectivity index (χ4v) is 4.67. The highest BCUT2D eigenvalue weighted by Crippen LogP contribution is 2.39. The lowest BCUT2D eigenvalue weighted by Crippen LogP contribution is -2.53. The molecule has 0 aromatic carbocycles. The predicted molar refractivity (Wildman–Crippen MR) is 77.2 cm³/mol. The summed E-state index contributed by atoms with van der Waals surface area (Å²) in [5.41, 5.74) is 0.182. The summed E-state index contributed by atoms with van der Waals surface area (Å²) in [6.07, 6.45) is 6.54. The molecule has 1 saturated carbocycles. The molecule has 6 heteroatoms. The number of hydrogen-bond acceptors (Lipinski definition) is 3. The first-order valence-corrected chi connectivity index (χ1v) is 8.82. The fourth-order valence-electron chi connectivity index (χ4n) is 3.04. The Morgan fingerprint density at radius 2 is 2.00 bits per heavy atom. The van der Waals surface area contributed by atoms with E-state index in [-0.39, 0.29) is 11.5 Å². The molecule has 0 radical (unpaired) electrons. The van der Waals surface area contributed by atoms with E-state index in [0.717, 1.165) is 38.6 Å². The van der Waals surface area contributed by atoms with Gasteiger partial charge in [-0.2, -0.15) is 12.7 Å². The minimum Gasteiger partial charge on any atom is -0.318 e. The van der Waals surface area contributed by atoms with E-state index in [1.807, 2.05) is 7.05 Å². The number of nitrogens with one attached hydrogen (secondary N) is 2. The summed E-state index contributed by atoms with van der Waals surface area (Å²) in [6.45, 7) is 4.13. The van der Waals surface area contributed by atoms with Gasteiger partial charge in [-0.3, -0.25) is 0 Å². The van der Waals surface area contributed by atoms with E-state index in [0.29, 0.717) is 13.1 Å². The third-order valence-electron chi connectivity index (χ3n) is 4.56. The van der Waals surface area contributed by atoms with Crippen LogP contribution in [-0.4, -0.2) is 45.4 Å². The van der Waals surface area contributed by atoms with Gasteiger partial charge in [0.1, 0.15) is 0 Å². The lowest BCUT2D eigenvalue weighted by molar-refractivity contribution is 0.163. The molecule has 0 aromatic rings. The molecule has 2 fully saturated rings. The summed E-state index contributed by atoms with van der Waals surface area (Å²) in [4.78, 5) is 0. The molecule has 0 bridgehead atoms. The molecule has 19 heavy (non-hydrogen) atoms. The van der Waals surface area contributed by atoms with Crippen molar-refractivity contribution in [3.05, 3.63) is 0 Å². The maximum Gasteiger partial charge on any atom is 0.279 e. The highest BCUT2D eigenvalue weighted by molar-refractivity contribution is 7.87. The van der Waals surface area contributed by atoms with Crippen LogP contribution in [0.4, 0.5) is 0 Å². The Bertz CT molecular complexity index is 391. The second-order valence-electron chi connectivity index (χ2n) is 6.31. The van der Waals surface area contributed by atoms with Gasteiger partial charge in [0.15, 0.2) is 0 Å². The molecule has 1 unspecified atom stereocenters. The molecule has 0 spiro atoms. The zero-order valence-electron chi connectivity index (χ0n) is 12.1. The van der Waals surface area contributed by atoms with Gasteiger partial charge in [0, 0.05) is 25.7 Å². The van der Waals surface area contributed by atoms with E-state index in [9.17, 15) is 8.42 Å². The van der Waals surface area contributed by atoms with Crippen LogP contribution in [0.15, 0.2) is 0 Å². The van der Waals surface area contributed by atoms with Crippen LogP contribution in [0.25, 0.3) is 0 Å². The molecule has 2 rings (SSSR count). The molecule has 0 amide bonds. The second-order valence-corrected chi connectivity index (χ2v) is 8.02. The van der Waals surface area contributed by atoms with Gasteiger partial charge in [-0.15, -0.1) is 0 Å². The Morgan fingerprint density at radius 1 is 1.26 bits per heavy atom. The summed E-state index contributed by atoms with van der Waals surface area (Å²) in [7, 11) is -1.44. The molecule has 1 aliphatic heterocycles. The normalized spacial score (nSPS) is 28.0. The van der Waals surface area contributed by atoms with Gasteiger partial charge in [0.05, 0.1) is 0 Å². The molecule has 0 aromatic heterocycles. The van der Waals surface area contributed by atoms with E-state index >= 15 is 0 Å². The van der Waals surface area contributed by atoms with Crippen molar-refractivity contribution >= 4 is 10.2 Å². The van der Waals surface area contributed by atoms with Crippen molar-refractivity contribution in [2.24, 2.45) is 5.41 Å². The van der Waals surface area contributed by atoms with Crippen molar-refractivity contribution < 1.29 is 8.42 Å². The number of piperidine rings is 1. The first kappa shape index (κ1) is 15.2. The van der Waals surface area contributed by atoms with Crippen LogP contribution >= 0.6 is 0 Å².